The van der Waals surface area contributed by atoms with Gasteiger partial charge in [0.15, 0.2) is 16.6 Å². The van der Waals surface area contributed by atoms with Gasteiger partial charge in [0.05, 0.1) is 31.2 Å². The van der Waals surface area contributed by atoms with Crippen molar-refractivity contribution in [2.45, 2.75) is 20.5 Å². The van der Waals surface area contributed by atoms with Crippen molar-refractivity contribution in [3.8, 4) is 28.5 Å². The number of hydrogen-bond acceptors (Lipinski definition) is 8. The Morgan fingerprint density at radius 3 is 2.48 bits per heavy atom. The van der Waals surface area contributed by atoms with E-state index in [4.69, 9.17) is 18.7 Å². The normalized spacial score (nSPS) is 10.7. The third kappa shape index (κ3) is 4.98. The van der Waals surface area contributed by atoms with Crippen molar-refractivity contribution in [3.63, 3.8) is 0 Å². The second-order valence-electron chi connectivity index (χ2n) is 7.18. The molecule has 0 saturated carbocycles. The van der Waals surface area contributed by atoms with Crippen LogP contribution in [0.4, 0.5) is 5.13 Å². The number of nitrogens with zero attached hydrogens (tertiary/aromatic N) is 2. The SMILES string of the molecule is COc1ccc(-c2csc(NC(=O)c3ccc(OCc4c(C)noc4C)cc3)n2)cc1OC. The van der Waals surface area contributed by atoms with E-state index in [1.807, 2.05) is 37.4 Å². The second kappa shape index (κ2) is 9.74. The van der Waals surface area contributed by atoms with Crippen molar-refractivity contribution in [2.75, 3.05) is 19.5 Å². The van der Waals surface area contributed by atoms with E-state index in [0.717, 1.165) is 28.3 Å². The summed E-state index contributed by atoms with van der Waals surface area (Å²) in [6, 6.07) is 12.5. The number of amides is 1. The maximum atomic E-state index is 12.6. The molecule has 9 heteroatoms. The number of carbonyl (C=O) groups excluding carboxylic acids is 1. The molecule has 2 aromatic heterocycles. The monoisotopic (exact) mass is 465 g/mol. The molecule has 0 atom stereocenters. The van der Waals surface area contributed by atoms with Crippen molar-refractivity contribution >= 4 is 22.4 Å². The van der Waals surface area contributed by atoms with Gasteiger partial charge in [0.1, 0.15) is 18.1 Å². The molecular formula is C24H23N3O5S. The van der Waals surface area contributed by atoms with Gasteiger partial charge in [-0.05, 0) is 56.3 Å². The Balaban J connectivity index is 1.39. The summed E-state index contributed by atoms with van der Waals surface area (Å²) in [5.41, 5.74) is 3.83. The van der Waals surface area contributed by atoms with Gasteiger partial charge in [0.2, 0.25) is 0 Å². The molecule has 8 nitrogen and oxygen atoms in total. The summed E-state index contributed by atoms with van der Waals surface area (Å²) >= 11 is 1.35. The molecule has 0 unspecified atom stereocenters. The van der Waals surface area contributed by atoms with E-state index in [9.17, 15) is 4.79 Å². The Kier molecular flexibility index (Phi) is 6.60. The number of nitrogens with one attached hydrogen (secondary N) is 1. The first-order valence-corrected chi connectivity index (χ1v) is 11.0. The number of anilines is 1. The van der Waals surface area contributed by atoms with Gasteiger partial charge in [0, 0.05) is 16.5 Å². The molecule has 2 heterocycles. The first kappa shape index (κ1) is 22.3. The summed E-state index contributed by atoms with van der Waals surface area (Å²) < 4.78 is 21.6. The van der Waals surface area contributed by atoms with Gasteiger partial charge in [-0.25, -0.2) is 4.98 Å². The Morgan fingerprint density at radius 2 is 1.82 bits per heavy atom. The number of aryl methyl sites for hydroxylation is 2. The van der Waals surface area contributed by atoms with Crippen molar-refractivity contribution in [1.29, 1.82) is 0 Å². The number of methoxy groups -OCH3 is 2. The van der Waals surface area contributed by atoms with Crippen LogP contribution in [0, 0.1) is 13.8 Å². The zero-order valence-corrected chi connectivity index (χ0v) is 19.5. The summed E-state index contributed by atoms with van der Waals surface area (Å²) in [6.45, 7) is 4.07. The molecule has 170 valence electrons. The van der Waals surface area contributed by atoms with Crippen LogP contribution in [-0.4, -0.2) is 30.3 Å². The van der Waals surface area contributed by atoms with E-state index in [-0.39, 0.29) is 5.91 Å². The van der Waals surface area contributed by atoms with Crippen LogP contribution < -0.4 is 19.5 Å². The highest BCUT2D eigenvalue weighted by atomic mass is 32.1. The molecule has 4 rings (SSSR count). The lowest BCUT2D eigenvalue weighted by Crippen LogP contribution is -2.11. The van der Waals surface area contributed by atoms with Gasteiger partial charge in [0.25, 0.3) is 5.91 Å². The highest BCUT2D eigenvalue weighted by Gasteiger charge is 2.13. The molecule has 1 N–H and O–H groups in total. The fourth-order valence-electron chi connectivity index (χ4n) is 3.19. The van der Waals surface area contributed by atoms with Crippen LogP contribution in [-0.2, 0) is 6.61 Å². The quantitative estimate of drug-likeness (QED) is 0.379. The minimum atomic E-state index is -0.250. The van der Waals surface area contributed by atoms with E-state index in [1.54, 1.807) is 38.5 Å². The predicted octanol–water partition coefficient (Wildman–Crippen LogP) is 5.26. The number of thiazole rings is 1. The summed E-state index contributed by atoms with van der Waals surface area (Å²) in [5.74, 6) is 2.39. The van der Waals surface area contributed by atoms with Gasteiger partial charge < -0.3 is 18.7 Å². The maximum absolute atomic E-state index is 12.6. The summed E-state index contributed by atoms with van der Waals surface area (Å²) in [5, 5.41) is 9.14. The maximum Gasteiger partial charge on any atom is 0.257 e. The lowest BCUT2D eigenvalue weighted by Gasteiger charge is -2.08. The average molecular weight is 466 g/mol. The predicted molar refractivity (Wildman–Crippen MR) is 125 cm³/mol. The molecule has 33 heavy (non-hydrogen) atoms. The van der Waals surface area contributed by atoms with Crippen LogP contribution in [0.2, 0.25) is 0 Å². The minimum absolute atomic E-state index is 0.250. The largest absolute Gasteiger partial charge is 0.493 e. The van der Waals surface area contributed by atoms with Crippen LogP contribution in [0.5, 0.6) is 17.2 Å². The molecule has 0 spiro atoms. The number of ether oxygens (including phenoxy) is 3. The Hall–Kier alpha value is -3.85. The lowest BCUT2D eigenvalue weighted by molar-refractivity contribution is 0.102. The zero-order chi connectivity index (χ0) is 23.4. The number of aromatic nitrogens is 2. The van der Waals surface area contributed by atoms with Crippen LogP contribution >= 0.6 is 11.3 Å². The smallest absolute Gasteiger partial charge is 0.257 e. The number of rotatable bonds is 8. The second-order valence-corrected chi connectivity index (χ2v) is 8.04. The molecule has 0 aliphatic rings. The Morgan fingerprint density at radius 1 is 1.06 bits per heavy atom. The third-order valence-electron chi connectivity index (χ3n) is 5.08. The topological polar surface area (TPSA) is 95.7 Å². The molecule has 0 aliphatic heterocycles. The van der Waals surface area contributed by atoms with Crippen molar-refractivity contribution in [1.82, 2.24) is 10.1 Å². The van der Waals surface area contributed by atoms with Gasteiger partial charge in [-0.3, -0.25) is 10.1 Å². The molecule has 1 amide bonds. The first-order valence-electron chi connectivity index (χ1n) is 10.1. The van der Waals surface area contributed by atoms with Crippen LogP contribution in [0.1, 0.15) is 27.4 Å². The number of benzene rings is 2. The van der Waals surface area contributed by atoms with E-state index in [0.29, 0.717) is 34.6 Å². The molecule has 0 radical (unpaired) electrons. The van der Waals surface area contributed by atoms with E-state index in [2.05, 4.69) is 15.5 Å². The average Bonchev–Trinajstić information content (AvgIpc) is 3.43. The zero-order valence-electron chi connectivity index (χ0n) is 18.7. The fraction of sp³-hybridized carbons (Fsp3) is 0.208. The van der Waals surface area contributed by atoms with Gasteiger partial charge >= 0.3 is 0 Å². The fourth-order valence-corrected chi connectivity index (χ4v) is 3.91. The summed E-state index contributed by atoms with van der Waals surface area (Å²) in [4.78, 5) is 17.2. The molecular weight excluding hydrogens is 442 g/mol. The summed E-state index contributed by atoms with van der Waals surface area (Å²) in [6.07, 6.45) is 0. The van der Waals surface area contributed by atoms with Crippen molar-refractivity contribution in [2.24, 2.45) is 0 Å². The standard InChI is InChI=1S/C24H23N3O5S/c1-14-19(15(2)32-27-14)12-31-18-8-5-16(6-9-18)23(28)26-24-25-20(13-33-24)17-7-10-21(29-3)22(11-17)30-4/h5-11,13H,12H2,1-4H3,(H,25,26,28). The Labute approximate surface area is 195 Å². The molecule has 4 aromatic rings. The van der Waals surface area contributed by atoms with Crippen LogP contribution in [0.3, 0.4) is 0 Å². The molecule has 2 aromatic carbocycles. The molecule has 0 fully saturated rings. The highest BCUT2D eigenvalue weighted by Crippen LogP contribution is 2.33. The van der Waals surface area contributed by atoms with Gasteiger partial charge in [-0.1, -0.05) is 5.16 Å². The lowest BCUT2D eigenvalue weighted by atomic mass is 10.1. The van der Waals surface area contributed by atoms with Crippen LogP contribution in [0.15, 0.2) is 52.4 Å². The highest BCUT2D eigenvalue weighted by molar-refractivity contribution is 7.14. The van der Waals surface area contributed by atoms with Crippen molar-refractivity contribution in [3.05, 3.63) is 70.4 Å². The van der Waals surface area contributed by atoms with E-state index in [1.165, 1.54) is 11.3 Å². The number of hydrogen-bond donors (Lipinski definition) is 1. The van der Waals surface area contributed by atoms with E-state index < -0.39 is 0 Å². The molecule has 0 saturated heterocycles. The van der Waals surface area contributed by atoms with Crippen LogP contribution in [0.25, 0.3) is 11.3 Å². The number of carbonyl (C=O) groups is 1. The third-order valence-corrected chi connectivity index (χ3v) is 5.84. The molecule has 0 aliphatic carbocycles. The van der Waals surface area contributed by atoms with Crippen molar-refractivity contribution < 1.29 is 23.5 Å². The first-order chi connectivity index (χ1) is 16.0. The van der Waals surface area contributed by atoms with Gasteiger partial charge in [-0.2, -0.15) is 0 Å². The Bertz CT molecular complexity index is 1240. The minimum Gasteiger partial charge on any atom is -0.493 e. The summed E-state index contributed by atoms with van der Waals surface area (Å²) in [7, 11) is 3.17. The molecule has 0 bridgehead atoms. The van der Waals surface area contributed by atoms with E-state index >= 15 is 0 Å². The van der Waals surface area contributed by atoms with Gasteiger partial charge in [-0.15, -0.1) is 11.3 Å².